The number of rotatable bonds is 2. The molecule has 22 heavy (non-hydrogen) atoms. The molecule has 0 aliphatic rings. The van der Waals surface area contributed by atoms with Crippen LogP contribution in [-0.2, 0) is 11.1 Å². The van der Waals surface area contributed by atoms with E-state index in [0.29, 0.717) is 11.1 Å². The molecule has 0 spiro atoms. The second kappa shape index (κ2) is 6.98. The van der Waals surface area contributed by atoms with Crippen LogP contribution in [0, 0.1) is 11.6 Å². The predicted octanol–water partition coefficient (Wildman–Crippen LogP) is 1.03. The van der Waals surface area contributed by atoms with Gasteiger partial charge in [0, 0.05) is 16.5 Å². The first kappa shape index (κ1) is 17.2. The van der Waals surface area contributed by atoms with Crippen LogP contribution >= 0.6 is 0 Å². The SMILES string of the molecule is O=S([O-])c1ccc2cc(-c3ccc(F)cc3F)ccc2c1.[Na+]. The first-order valence-electron chi connectivity index (χ1n) is 6.13. The van der Waals surface area contributed by atoms with Crippen molar-refractivity contribution in [3.63, 3.8) is 0 Å². The second-order valence-electron chi connectivity index (χ2n) is 4.58. The van der Waals surface area contributed by atoms with Gasteiger partial charge >= 0.3 is 29.6 Å². The molecule has 3 rings (SSSR count). The molecule has 0 bridgehead atoms. The summed E-state index contributed by atoms with van der Waals surface area (Å²) in [5.74, 6) is -1.26. The van der Waals surface area contributed by atoms with Gasteiger partial charge in [-0.1, -0.05) is 18.2 Å². The summed E-state index contributed by atoms with van der Waals surface area (Å²) < 4.78 is 48.6. The third-order valence-corrected chi connectivity index (χ3v) is 3.89. The third-order valence-electron chi connectivity index (χ3n) is 3.25. The predicted molar refractivity (Wildman–Crippen MR) is 76.5 cm³/mol. The van der Waals surface area contributed by atoms with Crippen molar-refractivity contribution in [2.75, 3.05) is 0 Å². The van der Waals surface area contributed by atoms with Crippen LogP contribution in [0.5, 0.6) is 0 Å². The Bertz CT molecular complexity index is 868. The van der Waals surface area contributed by atoms with Gasteiger partial charge in [-0.05, 0) is 57.7 Å². The molecule has 0 aliphatic carbocycles. The summed E-state index contributed by atoms with van der Waals surface area (Å²) in [6.07, 6.45) is 0. The van der Waals surface area contributed by atoms with Crippen molar-refractivity contribution in [1.29, 1.82) is 0 Å². The molecule has 1 atom stereocenters. The molecule has 6 heteroatoms. The molecule has 0 radical (unpaired) electrons. The molecule has 0 saturated heterocycles. The molecule has 106 valence electrons. The van der Waals surface area contributed by atoms with Gasteiger partial charge in [0.15, 0.2) is 0 Å². The van der Waals surface area contributed by atoms with E-state index in [9.17, 15) is 17.5 Å². The third kappa shape index (κ3) is 3.45. The molecule has 0 amide bonds. The van der Waals surface area contributed by atoms with Crippen LogP contribution in [0.25, 0.3) is 21.9 Å². The Morgan fingerprint density at radius 2 is 1.55 bits per heavy atom. The van der Waals surface area contributed by atoms with Gasteiger partial charge in [0.25, 0.3) is 0 Å². The molecule has 1 unspecified atom stereocenters. The number of halogens is 2. The Hall–Kier alpha value is -1.11. The minimum atomic E-state index is -2.28. The van der Waals surface area contributed by atoms with Crippen molar-refractivity contribution in [2.45, 2.75) is 4.90 Å². The molecule has 0 fully saturated rings. The van der Waals surface area contributed by atoms with E-state index >= 15 is 0 Å². The zero-order valence-electron chi connectivity index (χ0n) is 11.7. The Kier molecular flexibility index (Phi) is 5.47. The van der Waals surface area contributed by atoms with Crippen LogP contribution in [0.1, 0.15) is 0 Å². The topological polar surface area (TPSA) is 40.1 Å². The van der Waals surface area contributed by atoms with Crippen molar-refractivity contribution in [3.05, 3.63) is 66.2 Å². The van der Waals surface area contributed by atoms with E-state index in [0.717, 1.165) is 16.8 Å². The normalized spacial score (nSPS) is 12.0. The van der Waals surface area contributed by atoms with E-state index in [1.165, 1.54) is 18.2 Å². The summed E-state index contributed by atoms with van der Waals surface area (Å²) in [6.45, 7) is 0. The minimum absolute atomic E-state index is 0. The van der Waals surface area contributed by atoms with Crippen LogP contribution in [0.2, 0.25) is 0 Å². The average Bonchev–Trinajstić information content (AvgIpc) is 2.46. The van der Waals surface area contributed by atoms with Crippen molar-refractivity contribution in [3.8, 4) is 11.1 Å². The van der Waals surface area contributed by atoms with Crippen LogP contribution < -0.4 is 29.6 Å². The molecular weight excluding hydrogens is 317 g/mol. The number of hydrogen-bond acceptors (Lipinski definition) is 2. The van der Waals surface area contributed by atoms with Crippen LogP contribution in [-0.4, -0.2) is 8.76 Å². The first-order valence-corrected chi connectivity index (χ1v) is 7.20. The van der Waals surface area contributed by atoms with Gasteiger partial charge in [-0.3, -0.25) is 4.21 Å². The number of benzene rings is 3. The monoisotopic (exact) mass is 326 g/mol. The standard InChI is InChI=1S/C16H10F2O2S.Na/c17-13-4-6-15(16(18)9-13)12-2-1-11-8-14(21(19)20)5-3-10(11)7-12;/h1-9H,(H,19,20);/q;+1/p-1. The molecule has 0 N–H and O–H groups in total. The van der Waals surface area contributed by atoms with Gasteiger partial charge in [-0.25, -0.2) is 8.78 Å². The van der Waals surface area contributed by atoms with E-state index in [2.05, 4.69) is 0 Å². The van der Waals surface area contributed by atoms with Gasteiger partial charge in [-0.2, -0.15) is 0 Å². The van der Waals surface area contributed by atoms with Crippen LogP contribution in [0.15, 0.2) is 59.5 Å². The Labute approximate surface area is 150 Å². The Balaban J connectivity index is 0.00000176. The van der Waals surface area contributed by atoms with Crippen molar-refractivity contribution in [1.82, 2.24) is 0 Å². The molecular formula is C16H9F2NaO2S. The summed E-state index contributed by atoms with van der Waals surface area (Å²) in [4.78, 5) is 0.197. The van der Waals surface area contributed by atoms with E-state index in [-0.39, 0.29) is 34.5 Å². The van der Waals surface area contributed by atoms with E-state index in [1.807, 2.05) is 0 Å². The fourth-order valence-corrected chi connectivity index (χ4v) is 2.62. The van der Waals surface area contributed by atoms with E-state index in [1.54, 1.807) is 30.3 Å². The van der Waals surface area contributed by atoms with Crippen molar-refractivity contribution in [2.24, 2.45) is 0 Å². The second-order valence-corrected chi connectivity index (χ2v) is 5.52. The molecule has 0 saturated carbocycles. The summed E-state index contributed by atoms with van der Waals surface area (Å²) in [5, 5.41) is 1.52. The van der Waals surface area contributed by atoms with Crippen molar-refractivity contribution < 1.29 is 47.1 Å². The van der Waals surface area contributed by atoms with Gasteiger partial charge in [-0.15, -0.1) is 0 Å². The molecule has 3 aromatic rings. The zero-order chi connectivity index (χ0) is 15.0. The average molecular weight is 326 g/mol. The maximum absolute atomic E-state index is 13.8. The Morgan fingerprint density at radius 3 is 2.23 bits per heavy atom. The van der Waals surface area contributed by atoms with Gasteiger partial charge in [0.2, 0.25) is 0 Å². The first-order chi connectivity index (χ1) is 10.0. The minimum Gasteiger partial charge on any atom is -0.768 e. The molecule has 3 aromatic carbocycles. The van der Waals surface area contributed by atoms with Crippen molar-refractivity contribution >= 4 is 21.9 Å². The maximum Gasteiger partial charge on any atom is 1.00 e. The fourth-order valence-electron chi connectivity index (χ4n) is 2.22. The quantitative estimate of drug-likeness (QED) is 0.521. The summed E-state index contributed by atoms with van der Waals surface area (Å²) >= 11 is -2.28. The molecule has 0 aliphatic heterocycles. The zero-order valence-corrected chi connectivity index (χ0v) is 14.5. The van der Waals surface area contributed by atoms with Crippen LogP contribution in [0.3, 0.4) is 0 Å². The van der Waals surface area contributed by atoms with Gasteiger partial charge in [0.1, 0.15) is 11.6 Å². The largest absolute Gasteiger partial charge is 1.00 e. The summed E-state index contributed by atoms with van der Waals surface area (Å²) in [7, 11) is 0. The Morgan fingerprint density at radius 1 is 0.864 bits per heavy atom. The summed E-state index contributed by atoms with van der Waals surface area (Å²) in [5.41, 5.74) is 0.908. The smallest absolute Gasteiger partial charge is 0.768 e. The van der Waals surface area contributed by atoms with E-state index < -0.39 is 22.7 Å². The molecule has 0 aromatic heterocycles. The number of hydrogen-bond donors (Lipinski definition) is 0. The van der Waals surface area contributed by atoms with E-state index in [4.69, 9.17) is 0 Å². The van der Waals surface area contributed by atoms with Gasteiger partial charge < -0.3 is 4.55 Å². The molecule has 2 nitrogen and oxygen atoms in total. The summed E-state index contributed by atoms with van der Waals surface area (Å²) in [6, 6.07) is 13.2. The molecule has 0 heterocycles. The van der Waals surface area contributed by atoms with Crippen LogP contribution in [0.4, 0.5) is 8.78 Å². The maximum atomic E-state index is 13.8. The van der Waals surface area contributed by atoms with Gasteiger partial charge in [0.05, 0.1) is 0 Å². The fraction of sp³-hybridized carbons (Fsp3) is 0. The number of fused-ring (bicyclic) bond motifs is 1.